The van der Waals surface area contributed by atoms with E-state index in [2.05, 4.69) is 15.9 Å². The lowest BCUT2D eigenvalue weighted by Gasteiger charge is -2.49. The third-order valence-corrected chi connectivity index (χ3v) is 14.5. The van der Waals surface area contributed by atoms with Crippen LogP contribution in [-0.2, 0) is 32.8 Å². The van der Waals surface area contributed by atoms with Crippen LogP contribution in [0.5, 0.6) is 11.5 Å². The summed E-state index contributed by atoms with van der Waals surface area (Å²) in [6.07, 6.45) is 2.56. The van der Waals surface area contributed by atoms with Gasteiger partial charge in [-0.1, -0.05) is 53.6 Å². The van der Waals surface area contributed by atoms with Crippen molar-refractivity contribution in [3.8, 4) is 22.1 Å². The van der Waals surface area contributed by atoms with Crippen LogP contribution in [0.25, 0.3) is 20.7 Å². The normalized spacial score (nSPS) is 26.1. The van der Waals surface area contributed by atoms with Gasteiger partial charge in [-0.15, -0.1) is 11.3 Å². The van der Waals surface area contributed by atoms with E-state index in [-0.39, 0.29) is 48.1 Å². The minimum Gasteiger partial charge on any atom is -0.503 e. The number of allylic oxidation sites excluding steroid dienone is 2. The predicted molar refractivity (Wildman–Crippen MR) is 213 cm³/mol. The minimum absolute atomic E-state index is 0.0946. The van der Waals surface area contributed by atoms with Crippen LogP contribution in [0.4, 0.5) is 5.82 Å². The van der Waals surface area contributed by atoms with Gasteiger partial charge >= 0.3 is 0 Å². The van der Waals surface area contributed by atoms with Crippen molar-refractivity contribution in [1.29, 1.82) is 0 Å². The molecular weight excluding hydrogens is 804 g/mol. The second-order valence-electron chi connectivity index (χ2n) is 15.2. The molecule has 13 heteroatoms. The largest absolute Gasteiger partial charge is 0.503 e. The maximum Gasteiger partial charge on any atom is 0.242 e. The molecule has 0 bridgehead atoms. The fraction of sp³-hybridized carbons (Fsp3) is 0.310. The molecule has 3 fully saturated rings. The number of aryl methyl sites for hydroxylation is 2. The van der Waals surface area contributed by atoms with Gasteiger partial charge < -0.3 is 9.84 Å². The quantitative estimate of drug-likeness (QED) is 0.135. The van der Waals surface area contributed by atoms with E-state index in [1.165, 1.54) is 16.9 Å². The van der Waals surface area contributed by atoms with Crippen LogP contribution in [0, 0.1) is 36.0 Å². The van der Waals surface area contributed by atoms with E-state index >= 15 is 4.79 Å². The first-order valence-corrected chi connectivity index (χ1v) is 20.1. The number of aromatic hydroxyl groups is 1. The highest BCUT2D eigenvalue weighted by atomic mass is 79.9. The summed E-state index contributed by atoms with van der Waals surface area (Å²) in [6, 6.07) is 20.4. The summed E-state index contributed by atoms with van der Waals surface area (Å²) >= 11 is 11.4. The van der Waals surface area contributed by atoms with Gasteiger partial charge in [0.25, 0.3) is 0 Å². The lowest BCUT2D eigenvalue weighted by Crippen LogP contribution is -2.48. The number of halogens is 2. The number of amides is 4. The standard InChI is InChI=1S/C42H36BrClN4O6S/c1-20-26-16-23(44)10-13-32(26)55-37(20)30-18-33(46(3)45-30)48-39(51)28-17-27-24(35(42(28,2)41(48)53)22-14-29(43)36(49)31(15-22)54-4)11-12-25-34(27)40(52)47(38(25)50)19-21-8-6-5-7-9-21/h5-11,13-16,18,25,27-28,34-35,49H,12,17,19H2,1-4H3/t25-,27+,28-,34-,35-,42+/m0/s1. The third kappa shape index (κ3) is 5.20. The Morgan fingerprint density at radius 3 is 2.53 bits per heavy atom. The molecular formula is C42H36BrClN4O6S. The Labute approximate surface area is 334 Å². The fourth-order valence-corrected chi connectivity index (χ4v) is 11.5. The number of hydrogen-bond acceptors (Lipinski definition) is 8. The van der Waals surface area contributed by atoms with Crippen LogP contribution in [0.15, 0.2) is 82.9 Å². The molecule has 4 aliphatic rings. The maximum atomic E-state index is 15.2. The second kappa shape index (κ2) is 12.9. The number of likely N-dealkylation sites (tertiary alicyclic amines) is 1. The molecule has 0 spiro atoms. The van der Waals surface area contributed by atoms with Gasteiger partial charge in [0, 0.05) is 28.8 Å². The Hall–Kier alpha value is -4.78. The monoisotopic (exact) mass is 838 g/mol. The van der Waals surface area contributed by atoms with Crippen molar-refractivity contribution >= 4 is 78.4 Å². The van der Waals surface area contributed by atoms with Gasteiger partial charge in [-0.05, 0) is 101 Å². The molecule has 3 aromatic carbocycles. The van der Waals surface area contributed by atoms with Crippen molar-refractivity contribution in [1.82, 2.24) is 14.7 Å². The SMILES string of the molecule is COc1cc([C@H]2C3=CC[C@@H]4C(=O)N(Cc5ccccc5)C(=O)[C@@H]4[C@@H]3C[C@H]3C(=O)N(c4cc(-c5sc6ccc(Cl)cc6c5C)nn4C)C(=O)[C@@]23C)cc(Br)c1O. The highest BCUT2D eigenvalue weighted by Crippen LogP contribution is 2.64. The molecule has 1 N–H and O–H groups in total. The highest BCUT2D eigenvalue weighted by Gasteiger charge is 2.68. The predicted octanol–water partition coefficient (Wildman–Crippen LogP) is 8.17. The zero-order valence-electron chi connectivity index (χ0n) is 30.4. The summed E-state index contributed by atoms with van der Waals surface area (Å²) in [7, 11) is 3.17. The smallest absolute Gasteiger partial charge is 0.242 e. The second-order valence-corrected chi connectivity index (χ2v) is 17.5. The number of anilines is 1. The number of ether oxygens (including phenoxy) is 1. The van der Waals surface area contributed by atoms with Crippen LogP contribution in [0.2, 0.25) is 5.02 Å². The molecule has 6 atom stereocenters. The molecule has 2 aromatic heterocycles. The third-order valence-electron chi connectivity index (χ3n) is 12.4. The Kier molecular flexibility index (Phi) is 8.41. The number of hydrogen-bond donors (Lipinski definition) is 1. The number of imide groups is 2. The number of thiophene rings is 1. The van der Waals surface area contributed by atoms with Crippen LogP contribution in [0.3, 0.4) is 0 Å². The first-order valence-electron chi connectivity index (χ1n) is 18.1. The molecule has 4 heterocycles. The minimum atomic E-state index is -1.29. The van der Waals surface area contributed by atoms with Gasteiger partial charge in [0.05, 0.1) is 46.2 Å². The number of carbonyl (C=O) groups is 4. The van der Waals surface area contributed by atoms with Crippen molar-refractivity contribution in [2.24, 2.45) is 36.1 Å². The van der Waals surface area contributed by atoms with Gasteiger partial charge in [-0.2, -0.15) is 5.10 Å². The number of nitrogens with zero attached hydrogens (tertiary/aromatic N) is 4. The van der Waals surface area contributed by atoms with Crippen molar-refractivity contribution in [3.05, 3.63) is 105 Å². The van der Waals surface area contributed by atoms with Crippen LogP contribution < -0.4 is 9.64 Å². The van der Waals surface area contributed by atoms with E-state index in [1.54, 1.807) is 41.3 Å². The number of phenolic OH excluding ortho intramolecular Hbond substituents is 1. The van der Waals surface area contributed by atoms with Crippen LogP contribution >= 0.6 is 38.9 Å². The summed E-state index contributed by atoms with van der Waals surface area (Å²) in [4.78, 5) is 62.0. The molecule has 4 amide bonds. The molecule has 1 saturated carbocycles. The molecule has 10 nitrogen and oxygen atoms in total. The Bertz CT molecular complexity index is 2530. The molecule has 0 unspecified atom stereocenters. The summed E-state index contributed by atoms with van der Waals surface area (Å²) < 4.78 is 8.54. The van der Waals surface area contributed by atoms with Crippen molar-refractivity contribution in [2.75, 3.05) is 12.0 Å². The number of rotatable bonds is 6. The number of benzene rings is 3. The summed E-state index contributed by atoms with van der Waals surface area (Å²) in [6.45, 7) is 4.01. The first-order chi connectivity index (χ1) is 26.3. The average Bonchev–Trinajstić information content (AvgIpc) is 3.84. The molecule has 2 aliphatic heterocycles. The molecule has 55 heavy (non-hydrogen) atoms. The van der Waals surface area contributed by atoms with E-state index in [4.69, 9.17) is 21.4 Å². The Morgan fingerprint density at radius 2 is 1.78 bits per heavy atom. The molecule has 2 aliphatic carbocycles. The van der Waals surface area contributed by atoms with Crippen molar-refractivity contribution in [2.45, 2.75) is 39.2 Å². The van der Waals surface area contributed by atoms with Crippen molar-refractivity contribution < 1.29 is 29.0 Å². The summed E-state index contributed by atoms with van der Waals surface area (Å²) in [5.74, 6) is -4.04. The zero-order chi connectivity index (χ0) is 38.7. The maximum absolute atomic E-state index is 15.2. The zero-order valence-corrected chi connectivity index (χ0v) is 33.5. The van der Waals surface area contributed by atoms with Crippen molar-refractivity contribution in [3.63, 3.8) is 0 Å². The van der Waals surface area contributed by atoms with Gasteiger partial charge in [-0.25, -0.2) is 4.90 Å². The number of carbonyl (C=O) groups excluding carboxylic acids is 4. The number of methoxy groups -OCH3 is 1. The first kappa shape index (κ1) is 35.9. The van der Waals surface area contributed by atoms with Gasteiger partial charge in [0.1, 0.15) is 11.5 Å². The van der Waals surface area contributed by atoms with Crippen LogP contribution in [0.1, 0.15) is 42.4 Å². The Balaban J connectivity index is 1.15. The number of phenols is 1. The van der Waals surface area contributed by atoms with E-state index in [1.807, 2.05) is 68.5 Å². The molecule has 280 valence electrons. The lowest BCUT2D eigenvalue weighted by molar-refractivity contribution is -0.141. The van der Waals surface area contributed by atoms with E-state index in [9.17, 15) is 19.5 Å². The molecule has 5 aromatic rings. The topological polar surface area (TPSA) is 122 Å². The van der Waals surface area contributed by atoms with Gasteiger partial charge in [0.15, 0.2) is 11.5 Å². The van der Waals surface area contributed by atoms with E-state index in [0.717, 1.165) is 31.7 Å². The lowest BCUT2D eigenvalue weighted by atomic mass is 9.51. The van der Waals surface area contributed by atoms with Gasteiger partial charge in [-0.3, -0.25) is 28.8 Å². The van der Waals surface area contributed by atoms with E-state index in [0.29, 0.717) is 33.0 Å². The fourth-order valence-electron chi connectivity index (χ4n) is 9.73. The van der Waals surface area contributed by atoms with E-state index < -0.39 is 35.0 Å². The highest BCUT2D eigenvalue weighted by molar-refractivity contribution is 9.10. The number of fused-ring (bicyclic) bond motifs is 5. The molecule has 0 radical (unpaired) electrons. The summed E-state index contributed by atoms with van der Waals surface area (Å²) in [5, 5.41) is 17.3. The molecule has 9 rings (SSSR count). The average molecular weight is 840 g/mol. The Morgan fingerprint density at radius 1 is 1.02 bits per heavy atom. The molecule has 2 saturated heterocycles. The summed E-state index contributed by atoms with van der Waals surface area (Å²) in [5.41, 5.74) is 2.68. The number of aromatic nitrogens is 2. The van der Waals surface area contributed by atoms with Crippen LogP contribution in [-0.4, -0.2) is 50.5 Å². The van der Waals surface area contributed by atoms with Gasteiger partial charge in [0.2, 0.25) is 23.6 Å².